The molecule has 2 aromatic carbocycles. The van der Waals surface area contributed by atoms with Crippen molar-refractivity contribution in [2.75, 3.05) is 13.1 Å². The summed E-state index contributed by atoms with van der Waals surface area (Å²) in [5, 5.41) is 9.77. The van der Waals surface area contributed by atoms with Crippen molar-refractivity contribution in [1.29, 1.82) is 0 Å². The van der Waals surface area contributed by atoms with E-state index in [4.69, 9.17) is 0 Å². The van der Waals surface area contributed by atoms with Gasteiger partial charge in [0.25, 0.3) is 0 Å². The quantitative estimate of drug-likeness (QED) is 0.580. The van der Waals surface area contributed by atoms with Crippen LogP contribution in [0.15, 0.2) is 59.8 Å². The predicted molar refractivity (Wildman–Crippen MR) is 106 cm³/mol. The largest absolute Gasteiger partial charge is 0.296 e. The fourth-order valence-corrected chi connectivity index (χ4v) is 4.31. The standard InChI is InChI=1S/C21H23FN4S/c22-18-9-11-19(12-10-18)26-20(15-25-13-5-2-6-14-25)23-24-21(26)27-16-17-7-3-1-4-8-17/h1,3-4,7-12H,2,5-6,13-16H2. The second-order valence-corrected chi connectivity index (χ2v) is 7.76. The van der Waals surface area contributed by atoms with Crippen LogP contribution in [0.4, 0.5) is 4.39 Å². The Bertz CT molecular complexity index is 858. The Morgan fingerprint density at radius 1 is 0.889 bits per heavy atom. The SMILES string of the molecule is Fc1ccc(-n2c(CN3CCCCC3)nnc2SCc2ccccc2)cc1. The van der Waals surface area contributed by atoms with Crippen LogP contribution in [0.2, 0.25) is 0 Å². The summed E-state index contributed by atoms with van der Waals surface area (Å²) >= 11 is 1.66. The summed E-state index contributed by atoms with van der Waals surface area (Å²) in [5.74, 6) is 1.51. The Balaban J connectivity index is 1.60. The van der Waals surface area contributed by atoms with Gasteiger partial charge in [0.2, 0.25) is 0 Å². The third-order valence-corrected chi connectivity index (χ3v) is 5.81. The second kappa shape index (κ2) is 8.67. The van der Waals surface area contributed by atoms with Crippen LogP contribution in [0.5, 0.6) is 0 Å². The zero-order chi connectivity index (χ0) is 18.5. The van der Waals surface area contributed by atoms with Crippen molar-refractivity contribution in [2.24, 2.45) is 0 Å². The average Bonchev–Trinajstić information content (AvgIpc) is 3.11. The average molecular weight is 383 g/mol. The molecule has 0 unspecified atom stereocenters. The van der Waals surface area contributed by atoms with Gasteiger partial charge >= 0.3 is 0 Å². The number of thioether (sulfide) groups is 1. The molecule has 0 atom stereocenters. The van der Waals surface area contributed by atoms with E-state index < -0.39 is 0 Å². The molecule has 0 spiro atoms. The van der Waals surface area contributed by atoms with Crippen molar-refractivity contribution in [3.05, 3.63) is 71.8 Å². The number of hydrogen-bond acceptors (Lipinski definition) is 4. The fraction of sp³-hybridized carbons (Fsp3) is 0.333. The molecule has 0 radical (unpaired) electrons. The first-order chi connectivity index (χ1) is 13.3. The number of piperidine rings is 1. The molecule has 2 heterocycles. The van der Waals surface area contributed by atoms with Crippen molar-refractivity contribution < 1.29 is 4.39 Å². The number of likely N-dealkylation sites (tertiary alicyclic amines) is 1. The van der Waals surface area contributed by atoms with Crippen molar-refractivity contribution in [1.82, 2.24) is 19.7 Å². The van der Waals surface area contributed by atoms with Gasteiger partial charge < -0.3 is 0 Å². The molecule has 1 fully saturated rings. The van der Waals surface area contributed by atoms with Crippen molar-refractivity contribution >= 4 is 11.8 Å². The van der Waals surface area contributed by atoms with Gasteiger partial charge in [0.15, 0.2) is 11.0 Å². The minimum Gasteiger partial charge on any atom is -0.296 e. The van der Waals surface area contributed by atoms with Crippen molar-refractivity contribution in [2.45, 2.75) is 36.7 Å². The maximum atomic E-state index is 13.4. The maximum Gasteiger partial charge on any atom is 0.196 e. The zero-order valence-electron chi connectivity index (χ0n) is 15.2. The smallest absolute Gasteiger partial charge is 0.196 e. The van der Waals surface area contributed by atoms with E-state index in [-0.39, 0.29) is 5.82 Å². The molecule has 27 heavy (non-hydrogen) atoms. The van der Waals surface area contributed by atoms with E-state index in [9.17, 15) is 4.39 Å². The molecule has 1 saturated heterocycles. The summed E-state index contributed by atoms with van der Waals surface area (Å²) in [5.41, 5.74) is 2.15. The van der Waals surface area contributed by atoms with Gasteiger partial charge in [-0.15, -0.1) is 10.2 Å². The van der Waals surface area contributed by atoms with E-state index in [0.717, 1.165) is 42.1 Å². The Morgan fingerprint density at radius 2 is 1.63 bits per heavy atom. The number of aromatic nitrogens is 3. The minimum atomic E-state index is -0.233. The predicted octanol–water partition coefficient (Wildman–Crippen LogP) is 4.68. The molecule has 0 bridgehead atoms. The van der Waals surface area contributed by atoms with Crippen molar-refractivity contribution in [3.8, 4) is 5.69 Å². The summed E-state index contributed by atoms with van der Waals surface area (Å²) < 4.78 is 15.5. The Morgan fingerprint density at radius 3 is 2.37 bits per heavy atom. The van der Waals surface area contributed by atoms with Gasteiger partial charge in [-0.2, -0.15) is 0 Å². The van der Waals surface area contributed by atoms with E-state index in [1.807, 2.05) is 18.2 Å². The molecule has 4 nitrogen and oxygen atoms in total. The number of halogens is 1. The van der Waals surface area contributed by atoms with Gasteiger partial charge in [-0.25, -0.2) is 4.39 Å². The summed E-state index contributed by atoms with van der Waals surface area (Å²) in [4.78, 5) is 2.43. The number of benzene rings is 2. The highest BCUT2D eigenvalue weighted by Gasteiger charge is 2.19. The molecule has 0 amide bonds. The topological polar surface area (TPSA) is 34.0 Å². The molecule has 4 rings (SSSR count). The van der Waals surface area contributed by atoms with Gasteiger partial charge in [-0.1, -0.05) is 48.5 Å². The Labute approximate surface area is 163 Å². The molecule has 140 valence electrons. The van der Waals surface area contributed by atoms with Gasteiger partial charge in [0, 0.05) is 11.4 Å². The maximum absolute atomic E-state index is 13.4. The monoisotopic (exact) mass is 382 g/mol. The third-order valence-electron chi connectivity index (χ3n) is 4.81. The number of nitrogens with zero attached hydrogens (tertiary/aromatic N) is 4. The van der Waals surface area contributed by atoms with E-state index >= 15 is 0 Å². The minimum absolute atomic E-state index is 0.233. The molecular weight excluding hydrogens is 359 g/mol. The molecule has 6 heteroatoms. The van der Waals surface area contributed by atoms with E-state index in [2.05, 4.69) is 31.8 Å². The van der Waals surface area contributed by atoms with E-state index in [1.165, 1.54) is 37.0 Å². The van der Waals surface area contributed by atoms with Gasteiger partial charge in [-0.3, -0.25) is 9.47 Å². The van der Waals surface area contributed by atoms with Crippen LogP contribution < -0.4 is 0 Å². The first-order valence-electron chi connectivity index (χ1n) is 9.39. The normalized spacial score (nSPS) is 15.1. The molecule has 0 aliphatic carbocycles. The van der Waals surface area contributed by atoms with Gasteiger partial charge in [0.1, 0.15) is 5.82 Å². The van der Waals surface area contributed by atoms with Crippen LogP contribution in [-0.2, 0) is 12.3 Å². The second-order valence-electron chi connectivity index (χ2n) is 6.82. The van der Waals surface area contributed by atoms with Crippen LogP contribution in [0.3, 0.4) is 0 Å². The Kier molecular flexibility index (Phi) is 5.84. The molecule has 1 aliphatic heterocycles. The highest BCUT2D eigenvalue weighted by Crippen LogP contribution is 2.26. The lowest BCUT2D eigenvalue weighted by Crippen LogP contribution is -2.30. The summed E-state index contributed by atoms with van der Waals surface area (Å²) in [6, 6.07) is 16.9. The molecule has 3 aromatic rings. The fourth-order valence-electron chi connectivity index (χ4n) is 3.39. The molecule has 0 saturated carbocycles. The van der Waals surface area contributed by atoms with Crippen LogP contribution in [0, 0.1) is 5.82 Å². The molecule has 1 aliphatic rings. The van der Waals surface area contributed by atoms with Crippen LogP contribution >= 0.6 is 11.8 Å². The van der Waals surface area contributed by atoms with Crippen molar-refractivity contribution in [3.63, 3.8) is 0 Å². The van der Waals surface area contributed by atoms with Gasteiger partial charge in [0.05, 0.1) is 6.54 Å². The highest BCUT2D eigenvalue weighted by atomic mass is 32.2. The zero-order valence-corrected chi connectivity index (χ0v) is 16.0. The third kappa shape index (κ3) is 4.57. The summed E-state index contributed by atoms with van der Waals surface area (Å²) in [6.07, 6.45) is 3.78. The summed E-state index contributed by atoms with van der Waals surface area (Å²) in [7, 11) is 0. The lowest BCUT2D eigenvalue weighted by molar-refractivity contribution is 0.214. The first-order valence-corrected chi connectivity index (χ1v) is 10.4. The number of hydrogen-bond donors (Lipinski definition) is 0. The van der Waals surface area contributed by atoms with E-state index in [1.54, 1.807) is 23.9 Å². The van der Waals surface area contributed by atoms with Gasteiger partial charge in [-0.05, 0) is 55.8 Å². The number of rotatable bonds is 6. The lowest BCUT2D eigenvalue weighted by Gasteiger charge is -2.26. The summed E-state index contributed by atoms with van der Waals surface area (Å²) in [6.45, 7) is 2.97. The van der Waals surface area contributed by atoms with Crippen LogP contribution in [0.25, 0.3) is 5.69 Å². The van der Waals surface area contributed by atoms with E-state index in [0.29, 0.717) is 0 Å². The Hall–Kier alpha value is -2.18. The van der Waals surface area contributed by atoms with Crippen LogP contribution in [0.1, 0.15) is 30.7 Å². The highest BCUT2D eigenvalue weighted by molar-refractivity contribution is 7.98. The lowest BCUT2D eigenvalue weighted by atomic mass is 10.1. The van der Waals surface area contributed by atoms with Crippen LogP contribution in [-0.4, -0.2) is 32.8 Å². The first kappa shape index (κ1) is 18.2. The molecular formula is C21H23FN4S. The molecule has 1 aromatic heterocycles. The molecule has 0 N–H and O–H groups in total.